The molecular weight excluding hydrogens is 278 g/mol. The van der Waals surface area contributed by atoms with Crippen molar-refractivity contribution >= 4 is 10.0 Å². The lowest BCUT2D eigenvalue weighted by atomic mass is 10.3. The number of nitrogens with one attached hydrogen (secondary N) is 1. The Balaban J connectivity index is 2.58. The Labute approximate surface area is 109 Å². The van der Waals surface area contributed by atoms with E-state index in [0.717, 1.165) is 12.1 Å². The minimum Gasteiger partial charge on any atom is -0.211 e. The number of halogens is 2. The molecule has 1 rings (SSSR count). The van der Waals surface area contributed by atoms with E-state index in [1.807, 2.05) is 0 Å². The van der Waals surface area contributed by atoms with E-state index >= 15 is 0 Å². The van der Waals surface area contributed by atoms with E-state index in [-0.39, 0.29) is 13.1 Å². The summed E-state index contributed by atoms with van der Waals surface area (Å²) in [6, 6.07) is 2.25. The molecule has 1 aromatic rings. The Morgan fingerprint density at radius 2 is 2.05 bits per heavy atom. The number of benzene rings is 1. The third-order valence-corrected chi connectivity index (χ3v) is 3.72. The van der Waals surface area contributed by atoms with Gasteiger partial charge in [0.1, 0.15) is 16.5 Å². The first kappa shape index (κ1) is 15.4. The van der Waals surface area contributed by atoms with Crippen LogP contribution >= 0.6 is 0 Å². The zero-order valence-corrected chi connectivity index (χ0v) is 10.7. The van der Waals surface area contributed by atoms with E-state index in [1.54, 1.807) is 0 Å². The van der Waals surface area contributed by atoms with Crippen LogP contribution < -0.4 is 4.72 Å². The molecule has 0 aliphatic heterocycles. The molecule has 0 spiro atoms. The fraction of sp³-hybridized carbons (Fsp3) is 0.400. The van der Waals surface area contributed by atoms with Gasteiger partial charge in [0.05, 0.1) is 0 Å². The van der Waals surface area contributed by atoms with Crippen molar-refractivity contribution in [1.29, 1.82) is 0 Å². The zero-order valence-electron chi connectivity index (χ0n) is 9.88. The smallest absolute Gasteiger partial charge is 0.211 e. The number of sulfonamides is 1. The highest BCUT2D eigenvalue weighted by molar-refractivity contribution is 7.89. The summed E-state index contributed by atoms with van der Waals surface area (Å²) in [4.78, 5) is 1.96. The number of nitrogens with zero attached hydrogens (tertiary/aromatic N) is 3. The molecule has 0 aromatic heterocycles. The lowest BCUT2D eigenvalue weighted by Crippen LogP contribution is -2.25. The summed E-state index contributed by atoms with van der Waals surface area (Å²) in [5, 5.41) is 3.29. The first-order chi connectivity index (χ1) is 8.97. The fourth-order valence-electron chi connectivity index (χ4n) is 1.33. The van der Waals surface area contributed by atoms with Crippen molar-refractivity contribution < 1.29 is 17.2 Å². The fourth-order valence-corrected chi connectivity index (χ4v) is 2.46. The molecule has 1 N–H and O–H groups in total. The SMILES string of the molecule is [N-]=[N+]=NCCCCNS(=O)(=O)c1ccc(F)cc1F. The summed E-state index contributed by atoms with van der Waals surface area (Å²) >= 11 is 0. The number of azide groups is 1. The molecule has 0 aliphatic rings. The number of rotatable bonds is 7. The Morgan fingerprint density at radius 1 is 1.32 bits per heavy atom. The van der Waals surface area contributed by atoms with Crippen molar-refractivity contribution in [2.75, 3.05) is 13.1 Å². The predicted octanol–water partition coefficient (Wildman–Crippen LogP) is 2.33. The Bertz CT molecular complexity index is 585. The van der Waals surface area contributed by atoms with Crippen LogP contribution in [0.1, 0.15) is 12.8 Å². The van der Waals surface area contributed by atoms with Gasteiger partial charge in [-0.25, -0.2) is 21.9 Å². The second-order valence-corrected chi connectivity index (χ2v) is 5.37. The molecule has 0 atom stereocenters. The van der Waals surface area contributed by atoms with Crippen LogP contribution in [0.5, 0.6) is 0 Å². The van der Waals surface area contributed by atoms with E-state index in [2.05, 4.69) is 14.7 Å². The third-order valence-electron chi connectivity index (χ3n) is 2.22. The van der Waals surface area contributed by atoms with Gasteiger partial charge in [0.2, 0.25) is 10.0 Å². The first-order valence-corrected chi connectivity index (χ1v) is 6.91. The monoisotopic (exact) mass is 290 g/mol. The van der Waals surface area contributed by atoms with E-state index in [0.29, 0.717) is 18.9 Å². The standard InChI is InChI=1S/C10H12F2N4O2S/c11-8-3-4-10(9(12)7-8)19(17,18)15-6-2-1-5-14-16-13/h3-4,7,15H,1-2,5-6H2. The van der Waals surface area contributed by atoms with Gasteiger partial charge in [-0.2, -0.15) is 0 Å². The van der Waals surface area contributed by atoms with Crippen LogP contribution in [-0.2, 0) is 10.0 Å². The molecule has 1 aromatic carbocycles. The molecular formula is C10H12F2N4O2S. The van der Waals surface area contributed by atoms with Gasteiger partial charge in [-0.3, -0.25) is 0 Å². The molecule has 0 saturated heterocycles. The number of unbranched alkanes of at least 4 members (excludes halogenated alkanes) is 1. The molecule has 0 saturated carbocycles. The van der Waals surface area contributed by atoms with Gasteiger partial charge in [0.15, 0.2) is 0 Å². The number of hydrogen-bond acceptors (Lipinski definition) is 3. The number of hydrogen-bond donors (Lipinski definition) is 1. The highest BCUT2D eigenvalue weighted by Gasteiger charge is 2.18. The maximum atomic E-state index is 13.3. The van der Waals surface area contributed by atoms with E-state index in [9.17, 15) is 17.2 Å². The average molecular weight is 290 g/mol. The van der Waals surface area contributed by atoms with Crippen LogP contribution in [0.25, 0.3) is 10.4 Å². The summed E-state index contributed by atoms with van der Waals surface area (Å²) in [6.45, 7) is 0.350. The van der Waals surface area contributed by atoms with Crippen molar-refractivity contribution in [1.82, 2.24) is 4.72 Å². The quantitative estimate of drug-likeness (QED) is 0.361. The van der Waals surface area contributed by atoms with Crippen LogP contribution in [0.3, 0.4) is 0 Å². The summed E-state index contributed by atoms with van der Waals surface area (Å²) in [7, 11) is -4.00. The average Bonchev–Trinajstić information content (AvgIpc) is 2.33. The molecule has 0 unspecified atom stereocenters. The second kappa shape index (κ2) is 7.03. The van der Waals surface area contributed by atoms with Crippen LogP contribution in [0.4, 0.5) is 8.78 Å². The topological polar surface area (TPSA) is 94.9 Å². The highest BCUT2D eigenvalue weighted by atomic mass is 32.2. The van der Waals surface area contributed by atoms with Gasteiger partial charge < -0.3 is 0 Å². The van der Waals surface area contributed by atoms with Gasteiger partial charge in [0, 0.05) is 24.1 Å². The van der Waals surface area contributed by atoms with E-state index in [4.69, 9.17) is 5.53 Å². The van der Waals surface area contributed by atoms with Gasteiger partial charge in [-0.05, 0) is 30.5 Å². The molecule has 19 heavy (non-hydrogen) atoms. The molecule has 9 heteroatoms. The molecule has 0 fully saturated rings. The Morgan fingerprint density at radius 3 is 2.68 bits per heavy atom. The normalized spacial score (nSPS) is 11.1. The molecule has 0 radical (unpaired) electrons. The van der Waals surface area contributed by atoms with Crippen LogP contribution in [0, 0.1) is 11.6 Å². The molecule has 6 nitrogen and oxygen atoms in total. The lowest BCUT2D eigenvalue weighted by Gasteiger charge is -2.07. The first-order valence-electron chi connectivity index (χ1n) is 5.43. The maximum absolute atomic E-state index is 13.3. The van der Waals surface area contributed by atoms with Crippen LogP contribution in [0.2, 0.25) is 0 Å². The van der Waals surface area contributed by atoms with Crippen LogP contribution in [-0.4, -0.2) is 21.5 Å². The molecule has 0 aliphatic carbocycles. The van der Waals surface area contributed by atoms with Crippen molar-refractivity contribution in [2.45, 2.75) is 17.7 Å². The van der Waals surface area contributed by atoms with Gasteiger partial charge in [-0.15, -0.1) is 0 Å². The van der Waals surface area contributed by atoms with Crippen LogP contribution in [0.15, 0.2) is 28.2 Å². The van der Waals surface area contributed by atoms with E-state index < -0.39 is 26.6 Å². The van der Waals surface area contributed by atoms with Crippen molar-refractivity contribution in [3.63, 3.8) is 0 Å². The van der Waals surface area contributed by atoms with Gasteiger partial charge in [0.25, 0.3) is 0 Å². The van der Waals surface area contributed by atoms with Gasteiger partial charge in [-0.1, -0.05) is 5.11 Å². The maximum Gasteiger partial charge on any atom is 0.243 e. The summed E-state index contributed by atoms with van der Waals surface area (Å²) in [5.74, 6) is -1.98. The summed E-state index contributed by atoms with van der Waals surface area (Å²) in [6.07, 6.45) is 0.958. The Hall–Kier alpha value is -1.70. The summed E-state index contributed by atoms with van der Waals surface area (Å²) < 4.78 is 51.6. The molecule has 0 bridgehead atoms. The molecule has 0 heterocycles. The Kier molecular flexibility index (Phi) is 5.68. The third kappa shape index (κ3) is 4.82. The minimum atomic E-state index is -4.00. The summed E-state index contributed by atoms with van der Waals surface area (Å²) in [5.41, 5.74) is 8.03. The second-order valence-electron chi connectivity index (χ2n) is 3.63. The van der Waals surface area contributed by atoms with Crippen molar-refractivity contribution in [3.8, 4) is 0 Å². The van der Waals surface area contributed by atoms with Crippen molar-refractivity contribution in [3.05, 3.63) is 40.3 Å². The predicted molar refractivity (Wildman–Crippen MR) is 64.8 cm³/mol. The molecule has 0 amide bonds. The van der Waals surface area contributed by atoms with Gasteiger partial charge >= 0.3 is 0 Å². The van der Waals surface area contributed by atoms with E-state index in [1.165, 1.54) is 0 Å². The molecule has 104 valence electrons. The zero-order chi connectivity index (χ0) is 14.3. The largest absolute Gasteiger partial charge is 0.243 e. The lowest BCUT2D eigenvalue weighted by molar-refractivity contribution is 0.541. The highest BCUT2D eigenvalue weighted by Crippen LogP contribution is 2.15. The van der Waals surface area contributed by atoms with Crippen molar-refractivity contribution in [2.24, 2.45) is 5.11 Å². The minimum absolute atomic E-state index is 0.0834.